The maximum Gasteiger partial charge on any atom is 0.246 e. The van der Waals surface area contributed by atoms with Gasteiger partial charge in [-0.2, -0.15) is 0 Å². The number of ether oxygens (including phenoxy) is 1. The molecular weight excluding hydrogens is 232 g/mol. The lowest BCUT2D eigenvalue weighted by Gasteiger charge is -2.43. The molecule has 2 amide bonds. The van der Waals surface area contributed by atoms with Crippen molar-refractivity contribution >= 4 is 11.8 Å². The quantitative estimate of drug-likeness (QED) is 0.799. The Morgan fingerprint density at radius 1 is 1.56 bits per heavy atom. The molecule has 3 unspecified atom stereocenters. The van der Waals surface area contributed by atoms with Crippen molar-refractivity contribution in [1.82, 2.24) is 10.2 Å². The minimum atomic E-state index is -0.381. The molecule has 0 bridgehead atoms. The first-order chi connectivity index (χ1) is 8.48. The predicted octanol–water partition coefficient (Wildman–Crippen LogP) is 0.538. The zero-order valence-electron chi connectivity index (χ0n) is 11.4. The second-order valence-corrected chi connectivity index (χ2v) is 5.65. The molecule has 5 heteroatoms. The van der Waals surface area contributed by atoms with Crippen LogP contribution in [0.1, 0.15) is 33.6 Å². The van der Waals surface area contributed by atoms with Gasteiger partial charge in [-0.05, 0) is 19.3 Å². The predicted molar refractivity (Wildman–Crippen MR) is 66.9 cm³/mol. The Hall–Kier alpha value is -1.10. The van der Waals surface area contributed by atoms with Crippen molar-refractivity contribution in [3.8, 4) is 0 Å². The lowest BCUT2D eigenvalue weighted by molar-refractivity contribution is -0.151. The second kappa shape index (κ2) is 4.88. The molecule has 2 aliphatic heterocycles. The molecule has 0 radical (unpaired) electrons. The summed E-state index contributed by atoms with van der Waals surface area (Å²) in [7, 11) is 0. The zero-order chi connectivity index (χ0) is 13.3. The minimum absolute atomic E-state index is 0.0388. The summed E-state index contributed by atoms with van der Waals surface area (Å²) in [4.78, 5) is 26.0. The summed E-state index contributed by atoms with van der Waals surface area (Å²) >= 11 is 0. The number of nitrogens with one attached hydrogen (secondary N) is 1. The van der Waals surface area contributed by atoms with Crippen molar-refractivity contribution in [2.24, 2.45) is 5.92 Å². The van der Waals surface area contributed by atoms with Crippen LogP contribution in [-0.2, 0) is 14.3 Å². The van der Waals surface area contributed by atoms with E-state index in [1.54, 1.807) is 4.90 Å². The number of hydrogen-bond acceptors (Lipinski definition) is 3. The number of piperazine rings is 1. The molecule has 2 rings (SSSR count). The normalized spacial score (nSPS) is 34.6. The van der Waals surface area contributed by atoms with Gasteiger partial charge in [0.15, 0.2) is 0 Å². The van der Waals surface area contributed by atoms with E-state index in [0.29, 0.717) is 13.2 Å². The molecule has 0 aromatic carbocycles. The molecule has 0 aromatic rings. The van der Waals surface area contributed by atoms with E-state index in [1.165, 1.54) is 0 Å². The summed E-state index contributed by atoms with van der Waals surface area (Å²) in [5.41, 5.74) is -0.319. The van der Waals surface area contributed by atoms with Crippen molar-refractivity contribution in [2.45, 2.75) is 45.2 Å². The highest BCUT2D eigenvalue weighted by Gasteiger charge is 2.45. The van der Waals surface area contributed by atoms with Crippen molar-refractivity contribution in [2.75, 3.05) is 19.8 Å². The molecule has 0 aliphatic carbocycles. The van der Waals surface area contributed by atoms with Crippen LogP contribution in [0.25, 0.3) is 0 Å². The Morgan fingerprint density at radius 2 is 2.28 bits per heavy atom. The Labute approximate surface area is 108 Å². The van der Waals surface area contributed by atoms with E-state index >= 15 is 0 Å². The smallest absolute Gasteiger partial charge is 0.246 e. The third-order valence-electron chi connectivity index (χ3n) is 4.21. The first-order valence-corrected chi connectivity index (χ1v) is 6.66. The molecule has 3 atom stereocenters. The van der Waals surface area contributed by atoms with Crippen LogP contribution in [-0.4, -0.2) is 48.1 Å². The third kappa shape index (κ3) is 2.23. The number of hydrogen-bond donors (Lipinski definition) is 1. The molecule has 0 saturated carbocycles. The topological polar surface area (TPSA) is 58.6 Å². The van der Waals surface area contributed by atoms with E-state index < -0.39 is 0 Å². The van der Waals surface area contributed by atoms with Crippen molar-refractivity contribution < 1.29 is 14.3 Å². The summed E-state index contributed by atoms with van der Waals surface area (Å²) in [5, 5.41) is 2.82. The van der Waals surface area contributed by atoms with Gasteiger partial charge in [-0.25, -0.2) is 0 Å². The van der Waals surface area contributed by atoms with Crippen molar-refractivity contribution in [3.63, 3.8) is 0 Å². The third-order valence-corrected chi connectivity index (χ3v) is 4.21. The van der Waals surface area contributed by atoms with Crippen LogP contribution in [0.2, 0.25) is 0 Å². The minimum Gasteiger partial charge on any atom is -0.379 e. The first-order valence-electron chi connectivity index (χ1n) is 6.66. The summed E-state index contributed by atoms with van der Waals surface area (Å²) in [6.45, 7) is 7.38. The molecule has 102 valence electrons. The lowest BCUT2D eigenvalue weighted by atomic mass is 9.91. The standard InChI is InChI=1S/C13H22N2O3/c1-4-9(2)11-12(17)15(7-10(16)14-11)13(3)5-6-18-8-13/h9,11H,4-8H2,1-3H3,(H,14,16). The molecule has 0 aromatic heterocycles. The van der Waals surface area contributed by atoms with Gasteiger partial charge in [0.05, 0.1) is 12.1 Å². The van der Waals surface area contributed by atoms with E-state index in [1.807, 2.05) is 20.8 Å². The van der Waals surface area contributed by atoms with E-state index in [-0.39, 0.29) is 35.9 Å². The Bertz CT molecular complexity index is 350. The SMILES string of the molecule is CCC(C)C1NC(=O)CN(C2(C)CCOC2)C1=O. The number of carbonyl (C=O) groups excluding carboxylic acids is 2. The summed E-state index contributed by atoms with van der Waals surface area (Å²) in [5.74, 6) is 0.139. The largest absolute Gasteiger partial charge is 0.379 e. The van der Waals surface area contributed by atoms with Crippen LogP contribution in [0.4, 0.5) is 0 Å². The van der Waals surface area contributed by atoms with Gasteiger partial charge in [0.1, 0.15) is 12.6 Å². The molecule has 2 heterocycles. The van der Waals surface area contributed by atoms with Gasteiger partial charge in [0.2, 0.25) is 11.8 Å². The van der Waals surface area contributed by atoms with Gasteiger partial charge in [-0.15, -0.1) is 0 Å². The number of rotatable bonds is 3. The molecule has 5 nitrogen and oxygen atoms in total. The van der Waals surface area contributed by atoms with E-state index in [2.05, 4.69) is 5.32 Å². The van der Waals surface area contributed by atoms with Crippen molar-refractivity contribution in [1.29, 1.82) is 0 Å². The summed E-state index contributed by atoms with van der Waals surface area (Å²) in [6.07, 6.45) is 1.68. The molecule has 2 saturated heterocycles. The second-order valence-electron chi connectivity index (χ2n) is 5.65. The maximum atomic E-state index is 12.5. The summed E-state index contributed by atoms with van der Waals surface area (Å²) < 4.78 is 5.39. The maximum absolute atomic E-state index is 12.5. The average molecular weight is 254 g/mol. The van der Waals surface area contributed by atoms with E-state index in [9.17, 15) is 9.59 Å². The molecule has 1 N–H and O–H groups in total. The first kappa shape index (κ1) is 13.3. The monoisotopic (exact) mass is 254 g/mol. The molecule has 2 fully saturated rings. The Morgan fingerprint density at radius 3 is 2.83 bits per heavy atom. The van der Waals surface area contributed by atoms with E-state index in [0.717, 1.165) is 12.8 Å². The molecule has 2 aliphatic rings. The van der Waals surface area contributed by atoms with Gasteiger partial charge in [0.25, 0.3) is 0 Å². The van der Waals surface area contributed by atoms with Crippen LogP contribution in [0.15, 0.2) is 0 Å². The number of amides is 2. The lowest BCUT2D eigenvalue weighted by Crippen LogP contribution is -2.65. The molecule has 0 spiro atoms. The summed E-state index contributed by atoms with van der Waals surface area (Å²) in [6, 6.07) is -0.381. The fourth-order valence-corrected chi connectivity index (χ4v) is 2.62. The zero-order valence-corrected chi connectivity index (χ0v) is 11.4. The van der Waals surface area contributed by atoms with Crippen LogP contribution >= 0.6 is 0 Å². The van der Waals surface area contributed by atoms with Crippen LogP contribution < -0.4 is 5.32 Å². The van der Waals surface area contributed by atoms with Gasteiger partial charge in [-0.3, -0.25) is 9.59 Å². The Kier molecular flexibility index (Phi) is 3.61. The van der Waals surface area contributed by atoms with Gasteiger partial charge in [-0.1, -0.05) is 20.3 Å². The van der Waals surface area contributed by atoms with Crippen LogP contribution in [0, 0.1) is 5.92 Å². The Balaban J connectivity index is 2.20. The average Bonchev–Trinajstić information content (AvgIpc) is 2.78. The highest BCUT2D eigenvalue weighted by atomic mass is 16.5. The highest BCUT2D eigenvalue weighted by Crippen LogP contribution is 2.28. The number of carbonyl (C=O) groups is 2. The fourth-order valence-electron chi connectivity index (χ4n) is 2.62. The highest BCUT2D eigenvalue weighted by molar-refractivity contribution is 5.95. The van der Waals surface area contributed by atoms with Gasteiger partial charge < -0.3 is 15.0 Å². The van der Waals surface area contributed by atoms with E-state index in [4.69, 9.17) is 4.74 Å². The van der Waals surface area contributed by atoms with Crippen LogP contribution in [0.5, 0.6) is 0 Å². The van der Waals surface area contributed by atoms with Crippen molar-refractivity contribution in [3.05, 3.63) is 0 Å². The number of nitrogens with zero attached hydrogens (tertiary/aromatic N) is 1. The van der Waals surface area contributed by atoms with Gasteiger partial charge >= 0.3 is 0 Å². The van der Waals surface area contributed by atoms with Gasteiger partial charge in [0, 0.05) is 6.61 Å². The molecule has 18 heavy (non-hydrogen) atoms. The molecular formula is C13H22N2O3. The van der Waals surface area contributed by atoms with Crippen LogP contribution in [0.3, 0.4) is 0 Å². The fraction of sp³-hybridized carbons (Fsp3) is 0.846.